The van der Waals surface area contributed by atoms with Crippen molar-refractivity contribution in [3.63, 3.8) is 0 Å². The van der Waals surface area contributed by atoms with Crippen LogP contribution in [0.25, 0.3) is 22.4 Å². The monoisotopic (exact) mass is 324 g/mol. The molecule has 0 fully saturated rings. The summed E-state index contributed by atoms with van der Waals surface area (Å²) in [6.07, 6.45) is 0. The summed E-state index contributed by atoms with van der Waals surface area (Å²) in [7, 11) is 0. The first-order valence-electron chi connectivity index (χ1n) is 7.58. The molecule has 118 valence electrons. The zero-order chi connectivity index (χ0) is 16.6. The molecule has 3 aromatic rings. The first kappa shape index (κ1) is 15.5. The molecule has 0 aliphatic rings. The number of nitrogens with zero attached hydrogens (tertiary/aromatic N) is 2. The van der Waals surface area contributed by atoms with Crippen molar-refractivity contribution < 1.29 is 0 Å². The lowest BCUT2D eigenvalue weighted by atomic mass is 10.1. The van der Waals surface area contributed by atoms with Crippen LogP contribution in [0.5, 0.6) is 0 Å². The van der Waals surface area contributed by atoms with Gasteiger partial charge in [0.15, 0.2) is 0 Å². The topological polar surface area (TPSA) is 69.9 Å². The van der Waals surface area contributed by atoms with E-state index in [4.69, 9.17) is 28.7 Å². The van der Waals surface area contributed by atoms with Gasteiger partial charge in [-0.05, 0) is 30.7 Å². The van der Waals surface area contributed by atoms with Gasteiger partial charge in [0.2, 0.25) is 0 Å². The largest absolute Gasteiger partial charge is 0.398 e. The minimum absolute atomic E-state index is 0.0872. The zero-order valence-electron chi connectivity index (χ0n) is 13.3. The van der Waals surface area contributed by atoms with Gasteiger partial charge in [-0.3, -0.25) is 0 Å². The molecule has 0 aliphatic heterocycles. The molecule has 0 saturated carbocycles. The molecule has 23 heavy (non-hydrogen) atoms. The van der Waals surface area contributed by atoms with Gasteiger partial charge in [0.05, 0.1) is 16.0 Å². The molecule has 1 aromatic heterocycles. The zero-order valence-corrected chi connectivity index (χ0v) is 14.1. The fraction of sp³-hybridized carbons (Fsp3) is 0.222. The van der Waals surface area contributed by atoms with E-state index in [9.17, 15) is 0 Å². The minimum atomic E-state index is 0.0872. The Bertz CT molecular complexity index is 882. The van der Waals surface area contributed by atoms with Crippen LogP contribution >= 0.6 is 12.2 Å². The van der Waals surface area contributed by atoms with Crippen molar-refractivity contribution in [2.45, 2.75) is 20.4 Å². The number of benzene rings is 2. The van der Waals surface area contributed by atoms with Crippen molar-refractivity contribution in [2.75, 3.05) is 5.73 Å². The van der Waals surface area contributed by atoms with Gasteiger partial charge >= 0.3 is 0 Å². The van der Waals surface area contributed by atoms with Gasteiger partial charge in [0, 0.05) is 23.7 Å². The fourth-order valence-electron chi connectivity index (χ4n) is 2.62. The molecular formula is C18H20N4S. The summed E-state index contributed by atoms with van der Waals surface area (Å²) in [4.78, 5) is 5.30. The van der Waals surface area contributed by atoms with E-state index in [2.05, 4.69) is 16.7 Å². The summed E-state index contributed by atoms with van der Waals surface area (Å²) < 4.78 is 2.17. The third-order valence-electron chi connectivity index (χ3n) is 4.13. The predicted molar refractivity (Wildman–Crippen MR) is 100 cm³/mol. The highest BCUT2D eigenvalue weighted by Crippen LogP contribution is 2.28. The lowest BCUT2D eigenvalue weighted by molar-refractivity contribution is 0.617. The van der Waals surface area contributed by atoms with Crippen LogP contribution in [0.15, 0.2) is 42.5 Å². The second kappa shape index (κ2) is 6.01. The van der Waals surface area contributed by atoms with Crippen LogP contribution in [0.1, 0.15) is 12.5 Å². The number of hydrogen-bond acceptors (Lipinski definition) is 3. The normalized spacial score (nSPS) is 12.4. The van der Waals surface area contributed by atoms with Crippen LogP contribution < -0.4 is 11.5 Å². The summed E-state index contributed by atoms with van der Waals surface area (Å²) in [5.74, 6) is 0.977. The highest BCUT2D eigenvalue weighted by molar-refractivity contribution is 7.80. The van der Waals surface area contributed by atoms with Crippen LogP contribution in [-0.4, -0.2) is 14.5 Å². The molecule has 1 atom stereocenters. The lowest BCUT2D eigenvalue weighted by Gasteiger charge is -2.15. The van der Waals surface area contributed by atoms with Crippen molar-refractivity contribution in [2.24, 2.45) is 11.7 Å². The molecule has 0 saturated heterocycles. The van der Waals surface area contributed by atoms with Gasteiger partial charge in [-0.15, -0.1) is 0 Å². The predicted octanol–water partition coefficient (Wildman–Crippen LogP) is 3.52. The Morgan fingerprint density at radius 3 is 2.70 bits per heavy atom. The molecule has 2 aromatic carbocycles. The number of hydrogen-bond donors (Lipinski definition) is 2. The molecule has 5 heteroatoms. The van der Waals surface area contributed by atoms with E-state index in [0.29, 0.717) is 11.5 Å². The maximum Gasteiger partial charge on any atom is 0.141 e. The molecule has 0 bridgehead atoms. The number of imidazole rings is 1. The van der Waals surface area contributed by atoms with Gasteiger partial charge in [0.1, 0.15) is 5.82 Å². The number of nitrogen functional groups attached to an aromatic ring is 1. The number of nitrogens with two attached hydrogens (primary N) is 2. The molecular weight excluding hydrogens is 304 g/mol. The smallest absolute Gasteiger partial charge is 0.141 e. The SMILES string of the molecule is Cc1ccc(-c2nc3ccccc3n2CC(C)C(N)=S)cc1N. The standard InChI is InChI=1S/C18H20N4S/c1-11-7-8-13(9-14(11)19)18-21-15-5-3-4-6-16(15)22(18)10-12(2)17(20)23/h3-9,12H,10,19H2,1-2H3,(H2,20,23). The third kappa shape index (κ3) is 2.92. The number of aryl methyl sites for hydroxylation is 1. The molecule has 0 aliphatic carbocycles. The minimum Gasteiger partial charge on any atom is -0.398 e. The van der Waals surface area contributed by atoms with Crippen LogP contribution in [0.3, 0.4) is 0 Å². The number of para-hydroxylation sites is 2. The van der Waals surface area contributed by atoms with Crippen LogP contribution in [-0.2, 0) is 6.54 Å². The fourth-order valence-corrected chi connectivity index (χ4v) is 2.70. The van der Waals surface area contributed by atoms with Crippen LogP contribution in [0.2, 0.25) is 0 Å². The molecule has 0 amide bonds. The quantitative estimate of drug-likeness (QED) is 0.569. The molecule has 1 heterocycles. The van der Waals surface area contributed by atoms with E-state index in [1.165, 1.54) is 0 Å². The number of thiocarbonyl (C=S) groups is 1. The van der Waals surface area contributed by atoms with E-state index in [-0.39, 0.29) is 5.92 Å². The highest BCUT2D eigenvalue weighted by atomic mass is 32.1. The van der Waals surface area contributed by atoms with Crippen molar-refractivity contribution in [1.82, 2.24) is 9.55 Å². The molecule has 3 rings (SSSR count). The van der Waals surface area contributed by atoms with Gasteiger partial charge in [-0.1, -0.05) is 43.4 Å². The summed E-state index contributed by atoms with van der Waals surface area (Å²) in [6, 6.07) is 14.1. The number of rotatable bonds is 4. The maximum absolute atomic E-state index is 6.07. The first-order valence-corrected chi connectivity index (χ1v) is 7.99. The Labute approximate surface area is 141 Å². The number of fused-ring (bicyclic) bond motifs is 1. The van der Waals surface area contributed by atoms with Crippen molar-refractivity contribution >= 4 is 33.9 Å². The van der Waals surface area contributed by atoms with E-state index < -0.39 is 0 Å². The molecule has 0 radical (unpaired) electrons. The summed E-state index contributed by atoms with van der Waals surface area (Å²) in [5.41, 5.74) is 16.7. The molecule has 4 N–H and O–H groups in total. The summed E-state index contributed by atoms with van der Waals surface area (Å²) in [5, 5.41) is 0. The maximum atomic E-state index is 6.07. The van der Waals surface area contributed by atoms with E-state index in [1.54, 1.807) is 0 Å². The van der Waals surface area contributed by atoms with Gasteiger partial charge in [-0.25, -0.2) is 4.98 Å². The molecule has 1 unspecified atom stereocenters. The number of anilines is 1. The second-order valence-corrected chi connectivity index (χ2v) is 6.38. The van der Waals surface area contributed by atoms with E-state index in [1.807, 2.05) is 44.2 Å². The van der Waals surface area contributed by atoms with Crippen molar-refractivity contribution in [1.29, 1.82) is 0 Å². The first-order chi connectivity index (χ1) is 11.0. The Morgan fingerprint density at radius 1 is 1.26 bits per heavy atom. The van der Waals surface area contributed by atoms with Crippen molar-refractivity contribution in [3.8, 4) is 11.4 Å². The van der Waals surface area contributed by atoms with Gasteiger partial charge in [0.25, 0.3) is 0 Å². The molecule has 0 spiro atoms. The third-order valence-corrected chi connectivity index (χ3v) is 4.54. The number of aromatic nitrogens is 2. The van der Waals surface area contributed by atoms with Crippen LogP contribution in [0, 0.1) is 12.8 Å². The van der Waals surface area contributed by atoms with E-state index >= 15 is 0 Å². The highest BCUT2D eigenvalue weighted by Gasteiger charge is 2.16. The Morgan fingerprint density at radius 2 is 2.00 bits per heavy atom. The van der Waals surface area contributed by atoms with E-state index in [0.717, 1.165) is 33.7 Å². The summed E-state index contributed by atoms with van der Waals surface area (Å²) >= 11 is 5.14. The summed E-state index contributed by atoms with van der Waals surface area (Å²) in [6.45, 7) is 4.72. The Balaban J connectivity index is 2.18. The lowest BCUT2D eigenvalue weighted by Crippen LogP contribution is -2.23. The van der Waals surface area contributed by atoms with Gasteiger partial charge in [-0.2, -0.15) is 0 Å². The average molecular weight is 324 g/mol. The molecule has 4 nitrogen and oxygen atoms in total. The second-order valence-electron chi connectivity index (χ2n) is 5.91. The Kier molecular flexibility index (Phi) is 4.05. The average Bonchev–Trinajstić information content (AvgIpc) is 2.89. The Hall–Kier alpha value is -2.40. The van der Waals surface area contributed by atoms with Crippen molar-refractivity contribution in [3.05, 3.63) is 48.0 Å². The van der Waals surface area contributed by atoms with Gasteiger partial charge < -0.3 is 16.0 Å². The van der Waals surface area contributed by atoms with Crippen LogP contribution in [0.4, 0.5) is 5.69 Å².